The fourth-order valence-electron chi connectivity index (χ4n) is 4.39. The van der Waals surface area contributed by atoms with E-state index >= 15 is 0 Å². The second-order valence-corrected chi connectivity index (χ2v) is 7.96. The molecule has 29 heavy (non-hydrogen) atoms. The highest BCUT2D eigenvalue weighted by atomic mass is 35.5. The van der Waals surface area contributed by atoms with Gasteiger partial charge in [-0.3, -0.25) is 4.79 Å². The number of carbonyl (C=O) groups excluding carboxylic acids is 1. The van der Waals surface area contributed by atoms with Crippen molar-refractivity contribution in [3.63, 3.8) is 0 Å². The third kappa shape index (κ3) is 2.90. The van der Waals surface area contributed by atoms with Gasteiger partial charge in [-0.05, 0) is 37.0 Å². The Morgan fingerprint density at radius 3 is 2.52 bits per heavy atom. The first-order valence-electron chi connectivity index (χ1n) is 10.2. The molecule has 1 aliphatic rings. The van der Waals surface area contributed by atoms with Crippen molar-refractivity contribution in [1.29, 1.82) is 0 Å². The molecule has 146 valence electrons. The van der Waals surface area contributed by atoms with E-state index < -0.39 is 0 Å². The lowest BCUT2D eigenvalue weighted by atomic mass is 9.96. The van der Waals surface area contributed by atoms with Crippen LogP contribution in [0.25, 0.3) is 28.2 Å². The Morgan fingerprint density at radius 2 is 1.79 bits per heavy atom. The van der Waals surface area contributed by atoms with Crippen LogP contribution in [0.5, 0.6) is 0 Å². The van der Waals surface area contributed by atoms with Gasteiger partial charge in [-0.15, -0.1) is 5.10 Å². The number of hydrogen-bond acceptors (Lipinski definition) is 2. The van der Waals surface area contributed by atoms with E-state index in [0.717, 1.165) is 54.0 Å². The number of rotatable bonds is 4. The molecule has 0 aliphatic carbocycles. The minimum Gasteiger partial charge on any atom is -0.309 e. The second-order valence-electron chi connectivity index (χ2n) is 7.52. The van der Waals surface area contributed by atoms with Gasteiger partial charge in [0.1, 0.15) is 11.3 Å². The maximum absolute atomic E-state index is 13.1. The molecule has 0 saturated carbocycles. The normalized spacial score (nSPS) is 13.6. The number of halogens is 1. The number of nitrogens with zero attached hydrogens (tertiary/aromatic N) is 3. The largest absolute Gasteiger partial charge is 0.309 e. The second kappa shape index (κ2) is 7.20. The Balaban J connectivity index is 1.86. The molecule has 0 spiro atoms. The van der Waals surface area contributed by atoms with Gasteiger partial charge in [0.15, 0.2) is 11.6 Å². The molecule has 0 amide bonds. The van der Waals surface area contributed by atoms with Crippen LogP contribution in [-0.2, 0) is 13.0 Å². The predicted molar refractivity (Wildman–Crippen MR) is 117 cm³/mol. The molecule has 2 aromatic heterocycles. The zero-order valence-electron chi connectivity index (χ0n) is 16.4. The summed E-state index contributed by atoms with van der Waals surface area (Å²) in [5, 5.41) is 5.66. The van der Waals surface area contributed by atoms with Crippen molar-refractivity contribution in [2.75, 3.05) is 0 Å². The number of hydrogen-bond donors (Lipinski definition) is 0. The summed E-state index contributed by atoms with van der Waals surface area (Å²) < 4.78 is 4.20. The van der Waals surface area contributed by atoms with E-state index in [4.69, 9.17) is 16.7 Å². The first-order valence-corrected chi connectivity index (χ1v) is 10.6. The lowest BCUT2D eigenvalue weighted by Gasteiger charge is -2.08. The summed E-state index contributed by atoms with van der Waals surface area (Å²) in [6, 6.07) is 18.0. The minimum absolute atomic E-state index is 0.112. The molecule has 0 bridgehead atoms. The lowest BCUT2D eigenvalue weighted by molar-refractivity contribution is 0.0982. The summed E-state index contributed by atoms with van der Waals surface area (Å²) >= 11 is 6.12. The zero-order valence-corrected chi connectivity index (χ0v) is 17.1. The van der Waals surface area contributed by atoms with Gasteiger partial charge in [0.25, 0.3) is 0 Å². The van der Waals surface area contributed by atoms with Gasteiger partial charge >= 0.3 is 0 Å². The number of Topliss-reactive ketones (excluding diaryl/α,β-unsaturated/α-hetero) is 1. The van der Waals surface area contributed by atoms with Crippen LogP contribution in [-0.4, -0.2) is 20.0 Å². The first-order chi connectivity index (χ1) is 14.2. The van der Waals surface area contributed by atoms with Gasteiger partial charge in [0, 0.05) is 34.7 Å². The van der Waals surface area contributed by atoms with Gasteiger partial charge in [0.2, 0.25) is 0 Å². The lowest BCUT2D eigenvalue weighted by Crippen LogP contribution is -2.05. The van der Waals surface area contributed by atoms with Crippen LogP contribution in [0.4, 0.5) is 0 Å². The Kier molecular flexibility index (Phi) is 4.51. The van der Waals surface area contributed by atoms with E-state index in [2.05, 4.69) is 16.7 Å². The fraction of sp³-hybridized carbons (Fsp3) is 0.250. The third-order valence-electron chi connectivity index (χ3n) is 5.74. The highest BCUT2D eigenvalue weighted by Gasteiger charge is 2.29. The number of benzene rings is 2. The van der Waals surface area contributed by atoms with E-state index in [1.807, 2.05) is 53.9 Å². The summed E-state index contributed by atoms with van der Waals surface area (Å²) in [4.78, 5) is 13.1. The van der Waals surface area contributed by atoms with E-state index in [9.17, 15) is 4.79 Å². The summed E-state index contributed by atoms with van der Waals surface area (Å²) in [5.41, 5.74) is 6.09. The number of ketones is 1. The van der Waals surface area contributed by atoms with Crippen molar-refractivity contribution >= 4 is 23.0 Å². The molecule has 0 saturated heterocycles. The highest BCUT2D eigenvalue weighted by Crippen LogP contribution is 2.38. The number of aryl methyl sites for hydroxylation is 2. The summed E-state index contributed by atoms with van der Waals surface area (Å²) in [6.07, 6.45) is 3.58. The topological polar surface area (TPSA) is 39.3 Å². The van der Waals surface area contributed by atoms with Crippen molar-refractivity contribution in [2.45, 2.75) is 39.2 Å². The van der Waals surface area contributed by atoms with Crippen LogP contribution >= 0.6 is 11.6 Å². The molecule has 5 rings (SSSR count). The molecule has 0 atom stereocenters. The van der Waals surface area contributed by atoms with E-state index in [1.54, 1.807) is 0 Å². The van der Waals surface area contributed by atoms with Gasteiger partial charge in [-0.1, -0.05) is 61.0 Å². The molecule has 0 fully saturated rings. The average molecular weight is 404 g/mol. The maximum atomic E-state index is 13.1. The monoisotopic (exact) mass is 403 g/mol. The molecule has 5 heteroatoms. The van der Waals surface area contributed by atoms with Crippen LogP contribution in [0, 0.1) is 0 Å². The highest BCUT2D eigenvalue weighted by molar-refractivity contribution is 6.30. The first kappa shape index (κ1) is 18.2. The molecule has 3 heterocycles. The van der Waals surface area contributed by atoms with Crippen LogP contribution < -0.4 is 0 Å². The molecule has 0 unspecified atom stereocenters. The zero-order chi connectivity index (χ0) is 20.0. The smallest absolute Gasteiger partial charge is 0.181 e. The summed E-state index contributed by atoms with van der Waals surface area (Å²) in [6.45, 7) is 2.82. The predicted octanol–water partition coefficient (Wildman–Crippen LogP) is 6.05. The van der Waals surface area contributed by atoms with E-state index in [1.165, 1.54) is 5.56 Å². The quantitative estimate of drug-likeness (QED) is 0.389. The van der Waals surface area contributed by atoms with Crippen LogP contribution in [0.15, 0.2) is 54.6 Å². The minimum atomic E-state index is 0.112. The number of carbonyl (C=O) groups is 1. The molecule has 1 aliphatic heterocycles. The third-order valence-corrected chi connectivity index (χ3v) is 5.99. The molecule has 0 radical (unpaired) electrons. The van der Waals surface area contributed by atoms with Crippen molar-refractivity contribution < 1.29 is 4.79 Å². The average Bonchev–Trinajstić information content (AvgIpc) is 3.17. The summed E-state index contributed by atoms with van der Waals surface area (Å²) in [7, 11) is 0. The van der Waals surface area contributed by atoms with Crippen LogP contribution in [0.3, 0.4) is 0 Å². The Morgan fingerprint density at radius 1 is 1.03 bits per heavy atom. The molecule has 2 aromatic carbocycles. The molecule has 0 N–H and O–H groups in total. The van der Waals surface area contributed by atoms with Gasteiger partial charge in [0.05, 0.1) is 0 Å². The van der Waals surface area contributed by atoms with Gasteiger partial charge < -0.3 is 4.57 Å². The standard InChI is InChI=1S/C24H22ClN3O/c1-2-20(29)22-21(16-11-13-18(25)14-12-16)19-10-6-7-15-27-23(26-28(22)24(19)27)17-8-4-3-5-9-17/h3-5,8-9,11-14H,2,6-7,10,15H2,1H3. The Hall–Kier alpha value is -2.85. The van der Waals surface area contributed by atoms with Crippen molar-refractivity contribution in [1.82, 2.24) is 14.2 Å². The van der Waals surface area contributed by atoms with Crippen molar-refractivity contribution in [2.24, 2.45) is 0 Å². The summed E-state index contributed by atoms with van der Waals surface area (Å²) in [5.74, 6) is 1.04. The van der Waals surface area contributed by atoms with E-state index in [-0.39, 0.29) is 5.78 Å². The Labute approximate surface area is 174 Å². The molecular weight excluding hydrogens is 382 g/mol. The SMILES string of the molecule is CCC(=O)c1c(-c2ccc(Cl)cc2)c2c3n(c(-c4ccccc4)nn13)CCCC2. The molecular formula is C24H22ClN3O. The van der Waals surface area contributed by atoms with E-state index in [0.29, 0.717) is 17.1 Å². The number of aromatic nitrogens is 3. The molecule has 4 aromatic rings. The van der Waals surface area contributed by atoms with Gasteiger partial charge in [-0.2, -0.15) is 0 Å². The van der Waals surface area contributed by atoms with Crippen molar-refractivity contribution in [3.8, 4) is 22.5 Å². The maximum Gasteiger partial charge on any atom is 0.181 e. The Bertz CT molecular complexity index is 1200. The van der Waals surface area contributed by atoms with Crippen LogP contribution in [0.1, 0.15) is 42.2 Å². The fourth-order valence-corrected chi connectivity index (χ4v) is 4.52. The van der Waals surface area contributed by atoms with Crippen molar-refractivity contribution in [3.05, 3.63) is 70.9 Å². The molecule has 4 nitrogen and oxygen atoms in total. The van der Waals surface area contributed by atoms with Crippen LogP contribution in [0.2, 0.25) is 5.02 Å². The van der Waals surface area contributed by atoms with Gasteiger partial charge in [-0.25, -0.2) is 4.52 Å².